The third-order valence-corrected chi connectivity index (χ3v) is 2.74. The summed E-state index contributed by atoms with van der Waals surface area (Å²) in [6, 6.07) is 0.106. The van der Waals surface area contributed by atoms with E-state index < -0.39 is 6.10 Å². The summed E-state index contributed by atoms with van der Waals surface area (Å²) in [5.74, 6) is -0.113. The molecule has 18 heavy (non-hydrogen) atoms. The molecule has 4 heteroatoms. The van der Waals surface area contributed by atoms with E-state index in [1.807, 2.05) is 50.3 Å². The Morgan fingerprint density at radius 2 is 1.83 bits per heavy atom. The van der Waals surface area contributed by atoms with Crippen LogP contribution in [0.5, 0.6) is 0 Å². The van der Waals surface area contributed by atoms with E-state index in [2.05, 4.69) is 5.32 Å². The molecular weight excluding hydrogens is 230 g/mol. The molecule has 0 radical (unpaired) electrons. The van der Waals surface area contributed by atoms with Crippen LogP contribution in [0.15, 0.2) is 36.5 Å². The molecule has 0 aromatic carbocycles. The molecule has 0 spiro atoms. The van der Waals surface area contributed by atoms with Crippen LogP contribution in [0, 0.1) is 0 Å². The number of fused-ring (bicyclic) bond motifs is 1. The topological polar surface area (TPSA) is 47.6 Å². The Kier molecular flexibility index (Phi) is 4.33. The maximum atomic E-state index is 11.9. The second-order valence-electron chi connectivity index (χ2n) is 4.71. The second kappa shape index (κ2) is 5.98. The molecule has 4 nitrogen and oxygen atoms in total. The van der Waals surface area contributed by atoms with Gasteiger partial charge in [0, 0.05) is 6.04 Å². The number of ether oxygens (including phenoxy) is 2. The minimum Gasteiger partial charge on any atom is -0.368 e. The first-order valence-corrected chi connectivity index (χ1v) is 6.26. The van der Waals surface area contributed by atoms with Crippen molar-refractivity contribution in [2.45, 2.75) is 38.2 Å². The fourth-order valence-electron chi connectivity index (χ4n) is 1.91. The van der Waals surface area contributed by atoms with Crippen molar-refractivity contribution in [2.75, 3.05) is 6.61 Å². The van der Waals surface area contributed by atoms with Crippen LogP contribution in [0.25, 0.3) is 0 Å². The van der Waals surface area contributed by atoms with Crippen molar-refractivity contribution in [1.82, 2.24) is 5.32 Å². The molecule has 0 aromatic rings. The molecular formula is C14H19NO3. The molecule has 1 aliphatic carbocycles. The fourth-order valence-corrected chi connectivity index (χ4v) is 1.91. The molecule has 0 bridgehead atoms. The highest BCUT2D eigenvalue weighted by Crippen LogP contribution is 2.19. The molecule has 1 heterocycles. The van der Waals surface area contributed by atoms with Crippen molar-refractivity contribution in [3.8, 4) is 0 Å². The van der Waals surface area contributed by atoms with Gasteiger partial charge in [0.15, 0.2) is 6.10 Å². The number of amides is 1. The van der Waals surface area contributed by atoms with Gasteiger partial charge in [-0.25, -0.2) is 0 Å². The van der Waals surface area contributed by atoms with Crippen molar-refractivity contribution in [2.24, 2.45) is 0 Å². The Bertz CT molecular complexity index is 385. The lowest BCUT2D eigenvalue weighted by Gasteiger charge is -2.33. The average Bonchev–Trinajstić information content (AvgIpc) is 2.28. The van der Waals surface area contributed by atoms with Crippen LogP contribution in [0.2, 0.25) is 0 Å². The van der Waals surface area contributed by atoms with Crippen LogP contribution in [-0.2, 0) is 14.3 Å². The first-order chi connectivity index (χ1) is 8.66. The first kappa shape index (κ1) is 13.1. The van der Waals surface area contributed by atoms with Crippen molar-refractivity contribution >= 4 is 5.91 Å². The third kappa shape index (κ3) is 3.31. The Morgan fingerprint density at radius 1 is 1.17 bits per heavy atom. The molecule has 2 aliphatic rings. The van der Waals surface area contributed by atoms with Crippen molar-refractivity contribution in [3.05, 3.63) is 36.5 Å². The molecule has 98 valence electrons. The van der Waals surface area contributed by atoms with E-state index in [1.165, 1.54) is 0 Å². The molecule has 0 aromatic heterocycles. The highest BCUT2D eigenvalue weighted by Gasteiger charge is 2.33. The van der Waals surface area contributed by atoms with Crippen molar-refractivity contribution in [1.29, 1.82) is 0 Å². The number of nitrogens with one attached hydrogen (secondary N) is 1. The summed E-state index contributed by atoms with van der Waals surface area (Å²) in [7, 11) is 0. The molecule has 2 rings (SSSR count). The van der Waals surface area contributed by atoms with Crippen molar-refractivity contribution < 1.29 is 14.3 Å². The van der Waals surface area contributed by atoms with E-state index in [0.717, 1.165) is 0 Å². The summed E-state index contributed by atoms with van der Waals surface area (Å²) in [6.45, 7) is 4.14. The summed E-state index contributed by atoms with van der Waals surface area (Å²) >= 11 is 0. The van der Waals surface area contributed by atoms with Crippen molar-refractivity contribution in [3.63, 3.8) is 0 Å². The van der Waals surface area contributed by atoms with Gasteiger partial charge in [-0.15, -0.1) is 0 Å². The molecule has 1 N–H and O–H groups in total. The molecule has 1 amide bonds. The maximum absolute atomic E-state index is 11.9. The predicted octanol–water partition coefficient (Wildman–Crippen LogP) is 1.35. The molecule has 0 saturated carbocycles. The van der Waals surface area contributed by atoms with E-state index in [0.29, 0.717) is 6.61 Å². The van der Waals surface area contributed by atoms with Gasteiger partial charge < -0.3 is 14.8 Å². The molecule has 1 saturated heterocycles. The molecule has 1 aliphatic heterocycles. The van der Waals surface area contributed by atoms with Crippen LogP contribution >= 0.6 is 0 Å². The first-order valence-electron chi connectivity index (χ1n) is 6.26. The van der Waals surface area contributed by atoms with Gasteiger partial charge >= 0.3 is 0 Å². The zero-order valence-electron chi connectivity index (χ0n) is 10.7. The van der Waals surface area contributed by atoms with E-state index in [9.17, 15) is 4.79 Å². The highest BCUT2D eigenvalue weighted by atomic mass is 16.6. The van der Waals surface area contributed by atoms with Gasteiger partial charge in [-0.2, -0.15) is 0 Å². The summed E-state index contributed by atoms with van der Waals surface area (Å²) in [5, 5.41) is 2.84. The Balaban J connectivity index is 2.00. The van der Waals surface area contributed by atoms with Crippen LogP contribution in [0.4, 0.5) is 0 Å². The lowest BCUT2D eigenvalue weighted by molar-refractivity contribution is -0.168. The number of rotatable bonds is 2. The van der Waals surface area contributed by atoms with Gasteiger partial charge in [0.25, 0.3) is 5.91 Å². The summed E-state index contributed by atoms with van der Waals surface area (Å²) in [6.07, 6.45) is 10.7. The van der Waals surface area contributed by atoms with Gasteiger partial charge in [0.05, 0.1) is 6.61 Å². The molecule has 1 fully saturated rings. The van der Waals surface area contributed by atoms with Crippen LogP contribution in [-0.4, -0.2) is 36.9 Å². The summed E-state index contributed by atoms with van der Waals surface area (Å²) in [4.78, 5) is 11.9. The van der Waals surface area contributed by atoms with Gasteiger partial charge in [0.1, 0.15) is 12.2 Å². The quantitative estimate of drug-likeness (QED) is 0.803. The molecule has 3 atom stereocenters. The average molecular weight is 249 g/mol. The SMILES string of the molecule is CC(C)NC(=O)C1COC2C=C/C=C\C=CC2O1. The van der Waals surface area contributed by atoms with Gasteiger partial charge in [-0.3, -0.25) is 4.79 Å². The number of carbonyl (C=O) groups excluding carboxylic acids is 1. The summed E-state index contributed by atoms with van der Waals surface area (Å²) < 4.78 is 11.5. The molecule has 3 unspecified atom stereocenters. The van der Waals surface area contributed by atoms with Crippen LogP contribution in [0.1, 0.15) is 13.8 Å². The van der Waals surface area contributed by atoms with Gasteiger partial charge in [-0.05, 0) is 13.8 Å². The lowest BCUT2D eigenvalue weighted by atomic mass is 10.1. The van der Waals surface area contributed by atoms with E-state index in [-0.39, 0.29) is 24.2 Å². The van der Waals surface area contributed by atoms with E-state index in [1.54, 1.807) is 0 Å². The zero-order chi connectivity index (χ0) is 13.0. The predicted molar refractivity (Wildman–Crippen MR) is 69.1 cm³/mol. The third-order valence-electron chi connectivity index (χ3n) is 2.74. The van der Waals surface area contributed by atoms with Gasteiger partial charge in [-0.1, -0.05) is 36.5 Å². The monoisotopic (exact) mass is 249 g/mol. The minimum atomic E-state index is -0.532. The smallest absolute Gasteiger partial charge is 0.251 e. The van der Waals surface area contributed by atoms with E-state index >= 15 is 0 Å². The minimum absolute atomic E-state index is 0.106. The summed E-state index contributed by atoms with van der Waals surface area (Å²) in [5.41, 5.74) is 0. The fraction of sp³-hybridized carbons (Fsp3) is 0.500. The van der Waals surface area contributed by atoms with Crippen LogP contribution in [0.3, 0.4) is 0 Å². The Hall–Kier alpha value is -1.39. The second-order valence-corrected chi connectivity index (χ2v) is 4.71. The normalized spacial score (nSPS) is 32.5. The largest absolute Gasteiger partial charge is 0.368 e. The standard InChI is InChI=1S/C14H19NO3/c1-10(2)15-14(16)13-9-17-11-7-5-3-4-6-8-12(11)18-13/h3-8,10-13H,9H2,1-2H3,(H,15,16)/b4-3-,7-5?,8-6?. The number of hydrogen-bond donors (Lipinski definition) is 1. The Morgan fingerprint density at radius 3 is 2.50 bits per heavy atom. The Labute approximate surface area is 107 Å². The number of allylic oxidation sites excluding steroid dienone is 4. The van der Waals surface area contributed by atoms with Gasteiger partial charge in [0.2, 0.25) is 0 Å². The van der Waals surface area contributed by atoms with Crippen LogP contribution < -0.4 is 5.32 Å². The number of hydrogen-bond acceptors (Lipinski definition) is 3. The lowest BCUT2D eigenvalue weighted by Crippen LogP contribution is -2.50. The zero-order valence-corrected chi connectivity index (χ0v) is 10.7. The van der Waals surface area contributed by atoms with E-state index in [4.69, 9.17) is 9.47 Å². The maximum Gasteiger partial charge on any atom is 0.251 e. The highest BCUT2D eigenvalue weighted by molar-refractivity contribution is 5.81. The number of carbonyl (C=O) groups is 1.